The third-order valence-electron chi connectivity index (χ3n) is 4.09. The maximum absolute atomic E-state index is 6.02. The van der Waals surface area contributed by atoms with Crippen molar-refractivity contribution in [3.8, 4) is 0 Å². The summed E-state index contributed by atoms with van der Waals surface area (Å²) in [5, 5.41) is 3.56. The number of halogens is 2. The van der Waals surface area contributed by atoms with Gasteiger partial charge in [0.1, 0.15) is 0 Å². The monoisotopic (exact) mass is 280 g/mol. The Balaban J connectivity index is 2.30. The number of hydrogen-bond acceptors (Lipinski definition) is 2. The normalized spacial score (nSPS) is 22.9. The zero-order valence-corrected chi connectivity index (χ0v) is 12.7. The Morgan fingerprint density at radius 1 is 1.29 bits per heavy atom. The van der Waals surface area contributed by atoms with Gasteiger partial charge in [0.15, 0.2) is 0 Å². The van der Waals surface area contributed by atoms with Crippen molar-refractivity contribution in [1.82, 2.24) is 10.2 Å². The van der Waals surface area contributed by atoms with Crippen LogP contribution in [0.5, 0.6) is 0 Å². The molecule has 1 rings (SSSR count). The first-order valence-corrected chi connectivity index (χ1v) is 7.81. The third-order valence-corrected chi connectivity index (χ3v) is 5.11. The Hall–Kier alpha value is 0.500. The Labute approximate surface area is 116 Å². The van der Waals surface area contributed by atoms with E-state index >= 15 is 0 Å². The van der Waals surface area contributed by atoms with Crippen molar-refractivity contribution in [1.29, 1.82) is 0 Å². The van der Waals surface area contributed by atoms with Crippen LogP contribution in [-0.2, 0) is 0 Å². The maximum atomic E-state index is 6.02. The Kier molecular flexibility index (Phi) is 7.17. The summed E-state index contributed by atoms with van der Waals surface area (Å²) < 4.78 is 0. The molecule has 17 heavy (non-hydrogen) atoms. The SMILES string of the molecule is CCC(CCl)(CCl)NCCC1CCCCN1C. The van der Waals surface area contributed by atoms with Crippen LogP contribution in [0.2, 0.25) is 0 Å². The van der Waals surface area contributed by atoms with Gasteiger partial charge in [-0.1, -0.05) is 13.3 Å². The van der Waals surface area contributed by atoms with Crippen LogP contribution in [0.3, 0.4) is 0 Å². The lowest BCUT2D eigenvalue weighted by molar-refractivity contribution is 0.172. The van der Waals surface area contributed by atoms with Crippen molar-refractivity contribution in [2.24, 2.45) is 0 Å². The summed E-state index contributed by atoms with van der Waals surface area (Å²) in [5.41, 5.74) is -0.0731. The second-order valence-corrected chi connectivity index (χ2v) is 5.78. The van der Waals surface area contributed by atoms with Gasteiger partial charge in [0.25, 0.3) is 0 Å². The Morgan fingerprint density at radius 3 is 2.53 bits per heavy atom. The van der Waals surface area contributed by atoms with Crippen molar-refractivity contribution in [2.45, 2.75) is 50.6 Å². The molecule has 0 bridgehead atoms. The average molecular weight is 281 g/mol. The first-order chi connectivity index (χ1) is 8.17. The predicted molar refractivity (Wildman–Crippen MR) is 77.4 cm³/mol. The lowest BCUT2D eigenvalue weighted by Gasteiger charge is -2.35. The molecular weight excluding hydrogens is 255 g/mol. The summed E-state index contributed by atoms with van der Waals surface area (Å²) in [6, 6.07) is 0.733. The van der Waals surface area contributed by atoms with Gasteiger partial charge in [0.2, 0.25) is 0 Å². The van der Waals surface area contributed by atoms with Crippen molar-refractivity contribution in [2.75, 3.05) is 31.9 Å². The molecule has 0 radical (unpaired) electrons. The van der Waals surface area contributed by atoms with E-state index in [2.05, 4.69) is 24.2 Å². The van der Waals surface area contributed by atoms with Gasteiger partial charge in [-0.25, -0.2) is 0 Å². The molecule has 1 fully saturated rings. The first-order valence-electron chi connectivity index (χ1n) is 6.74. The van der Waals surface area contributed by atoms with Gasteiger partial charge in [-0.3, -0.25) is 0 Å². The lowest BCUT2D eigenvalue weighted by atomic mass is 9.98. The molecule has 1 atom stereocenters. The Morgan fingerprint density at radius 2 is 2.00 bits per heavy atom. The van der Waals surface area contributed by atoms with Crippen LogP contribution >= 0.6 is 23.2 Å². The van der Waals surface area contributed by atoms with Crippen LogP contribution in [0.15, 0.2) is 0 Å². The van der Waals surface area contributed by atoms with Crippen LogP contribution in [-0.4, -0.2) is 48.4 Å². The van der Waals surface area contributed by atoms with E-state index in [9.17, 15) is 0 Å². The molecule has 2 nitrogen and oxygen atoms in total. The first kappa shape index (κ1) is 15.6. The fraction of sp³-hybridized carbons (Fsp3) is 1.00. The molecule has 0 aliphatic carbocycles. The molecule has 1 heterocycles. The molecule has 0 amide bonds. The van der Waals surface area contributed by atoms with Gasteiger partial charge < -0.3 is 10.2 Å². The third kappa shape index (κ3) is 4.59. The molecule has 102 valence electrons. The van der Waals surface area contributed by atoms with Crippen molar-refractivity contribution in [3.05, 3.63) is 0 Å². The van der Waals surface area contributed by atoms with Crippen molar-refractivity contribution >= 4 is 23.2 Å². The van der Waals surface area contributed by atoms with Gasteiger partial charge in [0, 0.05) is 23.3 Å². The highest BCUT2D eigenvalue weighted by Crippen LogP contribution is 2.19. The van der Waals surface area contributed by atoms with Crippen LogP contribution in [0, 0.1) is 0 Å². The number of nitrogens with one attached hydrogen (secondary N) is 1. The smallest absolute Gasteiger partial charge is 0.0451 e. The minimum Gasteiger partial charge on any atom is -0.309 e. The number of piperidine rings is 1. The quantitative estimate of drug-likeness (QED) is 0.721. The average Bonchev–Trinajstić information content (AvgIpc) is 2.37. The molecule has 1 unspecified atom stereocenters. The predicted octanol–water partition coefficient (Wildman–Crippen LogP) is 3.08. The van der Waals surface area contributed by atoms with Gasteiger partial charge >= 0.3 is 0 Å². The zero-order chi connectivity index (χ0) is 12.7. The van der Waals surface area contributed by atoms with E-state index in [0.29, 0.717) is 11.8 Å². The Bertz CT molecular complexity index is 199. The molecule has 0 spiro atoms. The van der Waals surface area contributed by atoms with E-state index in [1.54, 1.807) is 0 Å². The van der Waals surface area contributed by atoms with E-state index in [-0.39, 0.29) is 5.54 Å². The van der Waals surface area contributed by atoms with Gasteiger partial charge in [-0.15, -0.1) is 23.2 Å². The molecule has 1 saturated heterocycles. The standard InChI is InChI=1S/C13H26Cl2N2/c1-3-13(10-14,11-15)16-8-7-12-6-4-5-9-17(12)2/h12,16H,3-11H2,1-2H3. The van der Waals surface area contributed by atoms with E-state index in [4.69, 9.17) is 23.2 Å². The summed E-state index contributed by atoms with van der Waals surface area (Å²) >= 11 is 12.0. The van der Waals surface area contributed by atoms with Crippen LogP contribution in [0.4, 0.5) is 0 Å². The van der Waals surface area contributed by atoms with Crippen LogP contribution in [0.1, 0.15) is 39.0 Å². The summed E-state index contributed by atoms with van der Waals surface area (Å²) in [7, 11) is 2.24. The second kappa shape index (κ2) is 7.83. The number of nitrogens with zero attached hydrogens (tertiary/aromatic N) is 1. The topological polar surface area (TPSA) is 15.3 Å². The minimum atomic E-state index is -0.0731. The minimum absolute atomic E-state index is 0.0731. The number of rotatable bonds is 7. The van der Waals surface area contributed by atoms with Crippen LogP contribution in [0.25, 0.3) is 0 Å². The highest BCUT2D eigenvalue weighted by molar-refractivity contribution is 6.22. The second-order valence-electron chi connectivity index (χ2n) is 5.25. The molecule has 1 aliphatic heterocycles. The fourth-order valence-corrected chi connectivity index (χ4v) is 3.31. The van der Waals surface area contributed by atoms with E-state index in [0.717, 1.165) is 19.0 Å². The fourth-order valence-electron chi connectivity index (χ4n) is 2.46. The van der Waals surface area contributed by atoms with Gasteiger partial charge in [-0.05, 0) is 45.8 Å². The molecule has 1 N–H and O–H groups in total. The number of likely N-dealkylation sites (tertiary alicyclic amines) is 1. The largest absolute Gasteiger partial charge is 0.309 e. The van der Waals surface area contributed by atoms with E-state index in [1.165, 1.54) is 32.2 Å². The van der Waals surface area contributed by atoms with Crippen LogP contribution < -0.4 is 5.32 Å². The van der Waals surface area contributed by atoms with Crippen molar-refractivity contribution in [3.63, 3.8) is 0 Å². The molecule has 1 aliphatic rings. The maximum Gasteiger partial charge on any atom is 0.0451 e. The molecule has 0 aromatic heterocycles. The molecule has 0 aromatic rings. The molecular formula is C13H26Cl2N2. The highest BCUT2D eigenvalue weighted by atomic mass is 35.5. The summed E-state index contributed by atoms with van der Waals surface area (Å²) in [6.45, 7) is 4.40. The molecule has 0 saturated carbocycles. The number of alkyl halides is 2. The van der Waals surface area contributed by atoms with E-state index in [1.807, 2.05) is 0 Å². The van der Waals surface area contributed by atoms with E-state index < -0.39 is 0 Å². The zero-order valence-electron chi connectivity index (χ0n) is 11.1. The highest BCUT2D eigenvalue weighted by Gasteiger charge is 2.26. The van der Waals surface area contributed by atoms with Gasteiger partial charge in [0.05, 0.1) is 0 Å². The van der Waals surface area contributed by atoms with Gasteiger partial charge in [-0.2, -0.15) is 0 Å². The summed E-state index contributed by atoms with van der Waals surface area (Å²) in [6.07, 6.45) is 6.24. The number of hydrogen-bond donors (Lipinski definition) is 1. The molecule has 4 heteroatoms. The van der Waals surface area contributed by atoms with Crippen molar-refractivity contribution < 1.29 is 0 Å². The molecule has 0 aromatic carbocycles. The summed E-state index contributed by atoms with van der Waals surface area (Å²) in [4.78, 5) is 2.49. The summed E-state index contributed by atoms with van der Waals surface area (Å²) in [5.74, 6) is 1.18. The lowest BCUT2D eigenvalue weighted by Crippen LogP contribution is -2.50.